The van der Waals surface area contributed by atoms with E-state index in [0.29, 0.717) is 16.9 Å². The first-order chi connectivity index (χ1) is 15.2. The van der Waals surface area contributed by atoms with Gasteiger partial charge < -0.3 is 20.1 Å². The van der Waals surface area contributed by atoms with Gasteiger partial charge in [-0.3, -0.25) is 9.59 Å². The van der Waals surface area contributed by atoms with E-state index in [1.54, 1.807) is 0 Å². The van der Waals surface area contributed by atoms with Crippen molar-refractivity contribution in [3.05, 3.63) is 65.4 Å². The zero-order valence-electron chi connectivity index (χ0n) is 19.4. The van der Waals surface area contributed by atoms with Crippen LogP contribution in [-0.2, 0) is 5.41 Å². The summed E-state index contributed by atoms with van der Waals surface area (Å²) in [5.41, 5.74) is 4.04. The van der Waals surface area contributed by atoms with Crippen molar-refractivity contribution < 1.29 is 9.59 Å². The Bertz CT molecular complexity index is 1120. The third-order valence-electron chi connectivity index (χ3n) is 6.23. The van der Waals surface area contributed by atoms with Crippen molar-refractivity contribution in [2.75, 3.05) is 38.0 Å². The van der Waals surface area contributed by atoms with Crippen molar-refractivity contribution >= 4 is 28.4 Å². The molecule has 0 unspecified atom stereocenters. The number of piperazine rings is 1. The monoisotopic (exact) mass is 432 g/mol. The molecule has 2 heterocycles. The Morgan fingerprint density at radius 1 is 0.969 bits per heavy atom. The zero-order valence-corrected chi connectivity index (χ0v) is 19.4. The summed E-state index contributed by atoms with van der Waals surface area (Å²) in [5.74, 6) is -0.119. The quantitative estimate of drug-likeness (QED) is 0.638. The van der Waals surface area contributed by atoms with Crippen LogP contribution in [0, 0.1) is 0 Å². The fourth-order valence-electron chi connectivity index (χ4n) is 4.09. The Kier molecular flexibility index (Phi) is 6.07. The molecule has 0 spiro atoms. The van der Waals surface area contributed by atoms with Gasteiger partial charge >= 0.3 is 0 Å². The molecule has 1 fully saturated rings. The van der Waals surface area contributed by atoms with Gasteiger partial charge in [0, 0.05) is 48.3 Å². The summed E-state index contributed by atoms with van der Waals surface area (Å²) >= 11 is 0. The molecular weight excluding hydrogens is 400 g/mol. The van der Waals surface area contributed by atoms with Crippen LogP contribution in [0.5, 0.6) is 0 Å². The highest BCUT2D eigenvalue weighted by molar-refractivity contribution is 6.05. The van der Waals surface area contributed by atoms with Gasteiger partial charge in [-0.15, -0.1) is 0 Å². The molecule has 1 aromatic heterocycles. The van der Waals surface area contributed by atoms with Crippen LogP contribution in [0.15, 0.2) is 48.5 Å². The van der Waals surface area contributed by atoms with Gasteiger partial charge in [0.1, 0.15) is 5.69 Å². The lowest BCUT2D eigenvalue weighted by Gasteiger charge is -2.33. The fourth-order valence-corrected chi connectivity index (χ4v) is 4.09. The molecule has 0 aliphatic carbocycles. The van der Waals surface area contributed by atoms with Crippen LogP contribution in [0.2, 0.25) is 0 Å². The summed E-state index contributed by atoms with van der Waals surface area (Å²) in [6, 6.07) is 15.3. The molecule has 2 N–H and O–H groups in total. The van der Waals surface area contributed by atoms with E-state index in [-0.39, 0.29) is 17.2 Å². The van der Waals surface area contributed by atoms with Crippen LogP contribution in [0.4, 0.5) is 5.69 Å². The van der Waals surface area contributed by atoms with Gasteiger partial charge in [-0.05, 0) is 53.9 Å². The van der Waals surface area contributed by atoms with Gasteiger partial charge in [0.25, 0.3) is 11.8 Å². The largest absolute Gasteiger partial charge is 0.351 e. The predicted molar refractivity (Wildman–Crippen MR) is 129 cm³/mol. The first-order valence-electron chi connectivity index (χ1n) is 11.3. The van der Waals surface area contributed by atoms with Crippen LogP contribution in [0.3, 0.4) is 0 Å². The molecule has 6 nitrogen and oxygen atoms in total. The van der Waals surface area contributed by atoms with Gasteiger partial charge in [-0.1, -0.05) is 39.8 Å². The molecule has 1 saturated heterocycles. The molecule has 4 rings (SSSR count). The maximum Gasteiger partial charge on any atom is 0.270 e. The molecule has 1 aliphatic rings. The predicted octanol–water partition coefficient (Wildman–Crippen LogP) is 4.50. The first-order valence-corrected chi connectivity index (χ1v) is 11.3. The van der Waals surface area contributed by atoms with E-state index in [9.17, 15) is 9.59 Å². The number of H-pyrrole nitrogens is 1. The fraction of sp³-hybridized carbons (Fsp3) is 0.385. The van der Waals surface area contributed by atoms with Crippen LogP contribution in [-0.4, -0.2) is 59.3 Å². The van der Waals surface area contributed by atoms with E-state index in [1.807, 2.05) is 53.4 Å². The number of hydrogen-bond donors (Lipinski definition) is 2. The topological polar surface area (TPSA) is 68.4 Å². The van der Waals surface area contributed by atoms with E-state index < -0.39 is 0 Å². The Hall–Kier alpha value is -3.12. The molecular formula is C26H32N4O2. The summed E-state index contributed by atoms with van der Waals surface area (Å²) in [6.07, 6.45) is 0. The van der Waals surface area contributed by atoms with Crippen molar-refractivity contribution in [1.82, 2.24) is 14.8 Å². The second-order valence-corrected chi connectivity index (χ2v) is 9.49. The molecule has 2 aromatic carbocycles. The van der Waals surface area contributed by atoms with E-state index in [1.165, 1.54) is 5.56 Å². The Balaban J connectivity index is 1.46. The summed E-state index contributed by atoms with van der Waals surface area (Å²) in [5, 5.41) is 3.87. The third-order valence-corrected chi connectivity index (χ3v) is 6.23. The number of benzene rings is 2. The molecule has 0 atom stereocenters. The lowest BCUT2D eigenvalue weighted by molar-refractivity contribution is 0.0638. The number of carbonyl (C=O) groups excluding carboxylic acids is 2. The second kappa shape index (κ2) is 8.79. The van der Waals surface area contributed by atoms with Crippen molar-refractivity contribution in [3.63, 3.8) is 0 Å². The summed E-state index contributed by atoms with van der Waals surface area (Å²) in [4.78, 5) is 33.1. The Morgan fingerprint density at radius 3 is 2.28 bits per heavy atom. The van der Waals surface area contributed by atoms with Gasteiger partial charge in [0.15, 0.2) is 0 Å². The lowest BCUT2D eigenvalue weighted by Crippen LogP contribution is -2.48. The zero-order chi connectivity index (χ0) is 22.9. The molecule has 2 amide bonds. The number of nitrogens with zero attached hydrogens (tertiary/aromatic N) is 2. The summed E-state index contributed by atoms with van der Waals surface area (Å²) in [7, 11) is 0. The third kappa shape index (κ3) is 4.70. The summed E-state index contributed by atoms with van der Waals surface area (Å²) in [6.45, 7) is 12.9. The van der Waals surface area contributed by atoms with Crippen LogP contribution in [0.1, 0.15) is 54.1 Å². The number of rotatable bonds is 4. The van der Waals surface area contributed by atoms with E-state index in [2.05, 4.69) is 42.9 Å². The number of aromatic amines is 1. The highest BCUT2D eigenvalue weighted by Gasteiger charge is 2.22. The maximum absolute atomic E-state index is 12.9. The lowest BCUT2D eigenvalue weighted by atomic mass is 9.87. The molecule has 0 saturated carbocycles. The van der Waals surface area contributed by atoms with E-state index in [4.69, 9.17) is 0 Å². The van der Waals surface area contributed by atoms with Crippen molar-refractivity contribution in [3.8, 4) is 0 Å². The molecule has 3 aromatic rings. The van der Waals surface area contributed by atoms with E-state index in [0.717, 1.165) is 43.6 Å². The Morgan fingerprint density at radius 2 is 1.66 bits per heavy atom. The molecule has 168 valence electrons. The number of nitrogens with one attached hydrogen (secondary N) is 2. The molecule has 32 heavy (non-hydrogen) atoms. The number of carbonyl (C=O) groups is 2. The number of anilines is 1. The first kappa shape index (κ1) is 22.1. The smallest absolute Gasteiger partial charge is 0.270 e. The SMILES string of the molecule is CCN1CCN(C(=O)c2cc3cc(NC(=O)c4ccc(C(C)(C)C)cc4)ccc3[nH]2)CC1. The minimum absolute atomic E-state index is 0.0291. The maximum atomic E-state index is 12.9. The van der Waals surface area contributed by atoms with Gasteiger partial charge in [-0.25, -0.2) is 0 Å². The van der Waals surface area contributed by atoms with Gasteiger partial charge in [-0.2, -0.15) is 0 Å². The van der Waals surface area contributed by atoms with Crippen LogP contribution >= 0.6 is 0 Å². The highest BCUT2D eigenvalue weighted by atomic mass is 16.2. The average Bonchev–Trinajstić information content (AvgIpc) is 3.21. The molecule has 6 heteroatoms. The molecule has 0 radical (unpaired) electrons. The number of likely N-dealkylation sites (N-methyl/N-ethyl adjacent to an activating group) is 1. The van der Waals surface area contributed by atoms with Crippen LogP contribution in [0.25, 0.3) is 10.9 Å². The van der Waals surface area contributed by atoms with E-state index >= 15 is 0 Å². The van der Waals surface area contributed by atoms with Crippen molar-refractivity contribution in [2.24, 2.45) is 0 Å². The molecule has 0 bridgehead atoms. The van der Waals surface area contributed by atoms with Crippen molar-refractivity contribution in [2.45, 2.75) is 33.1 Å². The number of amides is 2. The number of aromatic nitrogens is 1. The normalized spacial score (nSPS) is 15.2. The second-order valence-electron chi connectivity index (χ2n) is 9.49. The summed E-state index contributed by atoms with van der Waals surface area (Å²) < 4.78 is 0. The number of fused-ring (bicyclic) bond motifs is 1. The van der Waals surface area contributed by atoms with Crippen molar-refractivity contribution in [1.29, 1.82) is 0 Å². The highest BCUT2D eigenvalue weighted by Crippen LogP contribution is 2.24. The minimum Gasteiger partial charge on any atom is -0.351 e. The van der Waals surface area contributed by atoms with Crippen LogP contribution < -0.4 is 5.32 Å². The van der Waals surface area contributed by atoms with Gasteiger partial charge in [0.2, 0.25) is 0 Å². The Labute approximate surface area is 189 Å². The average molecular weight is 433 g/mol. The number of hydrogen-bond acceptors (Lipinski definition) is 3. The molecule has 1 aliphatic heterocycles. The minimum atomic E-state index is -0.148. The van der Waals surface area contributed by atoms with Gasteiger partial charge in [0.05, 0.1) is 0 Å². The standard InChI is InChI=1S/C26H32N4O2/c1-5-29-12-14-30(15-13-29)25(32)23-17-19-16-21(10-11-22(19)28-23)27-24(31)18-6-8-20(9-7-18)26(2,3)4/h6-11,16-17,28H,5,12-15H2,1-4H3,(H,27,31).